The van der Waals surface area contributed by atoms with Gasteiger partial charge in [-0.2, -0.15) is 0 Å². The number of carbonyl (C=O) groups is 3. The SMILES string of the molecule is CC12C(=O)N(Cc3ccccc3)C(=O)C1C2C(=O)O. The summed E-state index contributed by atoms with van der Waals surface area (Å²) >= 11 is 0. The minimum atomic E-state index is -1.06. The van der Waals surface area contributed by atoms with Crippen molar-refractivity contribution in [3.8, 4) is 0 Å². The molecular formula is C14H13NO4. The van der Waals surface area contributed by atoms with Crippen LogP contribution in [0.25, 0.3) is 0 Å². The smallest absolute Gasteiger partial charge is 0.308 e. The molecular weight excluding hydrogens is 246 g/mol. The quantitative estimate of drug-likeness (QED) is 0.818. The van der Waals surface area contributed by atoms with Gasteiger partial charge in [0.2, 0.25) is 11.8 Å². The van der Waals surface area contributed by atoms with E-state index in [9.17, 15) is 14.4 Å². The van der Waals surface area contributed by atoms with Gasteiger partial charge in [-0.05, 0) is 12.5 Å². The molecule has 5 nitrogen and oxygen atoms in total. The summed E-state index contributed by atoms with van der Waals surface area (Å²) in [4.78, 5) is 36.6. The van der Waals surface area contributed by atoms with Gasteiger partial charge in [0.05, 0.1) is 23.8 Å². The standard InChI is InChI=1S/C14H13NO4/c1-14-9(10(14)12(17)18)11(16)15(13(14)19)7-8-5-3-2-4-6-8/h2-6,9-10H,7H2,1H3,(H,17,18). The lowest BCUT2D eigenvalue weighted by Crippen LogP contribution is -2.37. The highest BCUT2D eigenvalue weighted by molar-refractivity contribution is 6.15. The van der Waals surface area contributed by atoms with Crippen molar-refractivity contribution in [1.29, 1.82) is 0 Å². The maximum Gasteiger partial charge on any atom is 0.308 e. The Kier molecular flexibility index (Phi) is 2.29. The highest BCUT2D eigenvalue weighted by atomic mass is 16.4. The van der Waals surface area contributed by atoms with Gasteiger partial charge in [-0.1, -0.05) is 30.3 Å². The monoisotopic (exact) mass is 259 g/mol. The number of fused-ring (bicyclic) bond motifs is 1. The highest BCUT2D eigenvalue weighted by Gasteiger charge is 2.79. The molecule has 1 aromatic rings. The van der Waals surface area contributed by atoms with Gasteiger partial charge in [0.1, 0.15) is 0 Å². The van der Waals surface area contributed by atoms with Crippen molar-refractivity contribution < 1.29 is 19.5 Å². The normalized spacial score (nSPS) is 32.4. The molecule has 0 aromatic heterocycles. The molecule has 3 atom stereocenters. The fraction of sp³-hybridized carbons (Fsp3) is 0.357. The largest absolute Gasteiger partial charge is 0.481 e. The molecule has 5 heteroatoms. The highest BCUT2D eigenvalue weighted by Crippen LogP contribution is 2.64. The number of likely N-dealkylation sites (tertiary alicyclic amines) is 1. The van der Waals surface area contributed by atoms with Crippen LogP contribution in [0, 0.1) is 17.3 Å². The van der Waals surface area contributed by atoms with Crippen LogP contribution < -0.4 is 0 Å². The van der Waals surface area contributed by atoms with E-state index < -0.39 is 23.2 Å². The lowest BCUT2D eigenvalue weighted by molar-refractivity contribution is -0.150. The van der Waals surface area contributed by atoms with Crippen molar-refractivity contribution in [3.63, 3.8) is 0 Å². The Morgan fingerprint density at radius 3 is 2.42 bits per heavy atom. The fourth-order valence-electron chi connectivity index (χ4n) is 3.05. The van der Waals surface area contributed by atoms with Crippen LogP contribution in [-0.2, 0) is 20.9 Å². The second-order valence-corrected chi connectivity index (χ2v) is 5.29. The van der Waals surface area contributed by atoms with Crippen LogP contribution in [0.5, 0.6) is 0 Å². The summed E-state index contributed by atoms with van der Waals surface area (Å²) in [5, 5.41) is 9.01. The van der Waals surface area contributed by atoms with E-state index in [4.69, 9.17) is 5.11 Å². The van der Waals surface area contributed by atoms with Crippen LogP contribution in [0.15, 0.2) is 30.3 Å². The number of amides is 2. The molecule has 1 saturated heterocycles. The Morgan fingerprint density at radius 2 is 1.95 bits per heavy atom. The number of imide groups is 1. The second-order valence-electron chi connectivity index (χ2n) is 5.29. The molecule has 98 valence electrons. The van der Waals surface area contributed by atoms with Crippen LogP contribution in [0.1, 0.15) is 12.5 Å². The van der Waals surface area contributed by atoms with E-state index in [1.807, 2.05) is 30.3 Å². The molecule has 19 heavy (non-hydrogen) atoms. The van der Waals surface area contributed by atoms with Crippen molar-refractivity contribution in [1.82, 2.24) is 4.90 Å². The first-order valence-electron chi connectivity index (χ1n) is 6.10. The average molecular weight is 259 g/mol. The van der Waals surface area contributed by atoms with E-state index in [1.165, 1.54) is 4.90 Å². The number of nitrogens with zero attached hydrogens (tertiary/aromatic N) is 1. The molecule has 2 aliphatic rings. The van der Waals surface area contributed by atoms with Gasteiger partial charge in [0.15, 0.2) is 0 Å². The van der Waals surface area contributed by atoms with E-state index >= 15 is 0 Å². The van der Waals surface area contributed by atoms with E-state index in [-0.39, 0.29) is 18.4 Å². The third kappa shape index (κ3) is 1.44. The Balaban J connectivity index is 1.83. The van der Waals surface area contributed by atoms with Gasteiger partial charge in [0, 0.05) is 0 Å². The predicted octanol–water partition coefficient (Wildman–Crippen LogP) is 0.892. The number of carbonyl (C=O) groups excluding carboxylic acids is 2. The van der Waals surface area contributed by atoms with Crippen LogP contribution in [0.4, 0.5) is 0 Å². The second kappa shape index (κ2) is 3.66. The lowest BCUT2D eigenvalue weighted by Gasteiger charge is -2.19. The summed E-state index contributed by atoms with van der Waals surface area (Å²) < 4.78 is 0. The summed E-state index contributed by atoms with van der Waals surface area (Å²) in [5.74, 6) is -3.31. The molecule has 3 unspecified atom stereocenters. The van der Waals surface area contributed by atoms with Gasteiger partial charge in [-0.3, -0.25) is 19.3 Å². The minimum absolute atomic E-state index is 0.219. The molecule has 0 bridgehead atoms. The van der Waals surface area contributed by atoms with Gasteiger partial charge < -0.3 is 5.11 Å². The summed E-state index contributed by atoms with van der Waals surface area (Å²) in [6.07, 6.45) is 0. The molecule has 0 spiro atoms. The lowest BCUT2D eigenvalue weighted by atomic mass is 10.1. The first kappa shape index (κ1) is 11.9. The van der Waals surface area contributed by atoms with E-state index in [0.717, 1.165) is 5.56 Å². The van der Waals surface area contributed by atoms with Crippen molar-refractivity contribution in [2.75, 3.05) is 0 Å². The summed E-state index contributed by atoms with van der Waals surface area (Å²) in [6, 6.07) is 9.20. The number of aliphatic carboxylic acids is 1. The summed E-state index contributed by atoms with van der Waals surface area (Å²) in [7, 11) is 0. The topological polar surface area (TPSA) is 74.7 Å². The zero-order chi connectivity index (χ0) is 13.8. The van der Waals surface area contributed by atoms with Gasteiger partial charge in [0.25, 0.3) is 0 Å². The number of piperidine rings is 1. The number of benzene rings is 1. The Labute approximate surface area is 109 Å². The van der Waals surface area contributed by atoms with Crippen LogP contribution in [0.3, 0.4) is 0 Å². The maximum absolute atomic E-state index is 12.2. The molecule has 0 radical (unpaired) electrons. The van der Waals surface area contributed by atoms with Crippen molar-refractivity contribution in [2.45, 2.75) is 13.5 Å². The van der Waals surface area contributed by atoms with Crippen molar-refractivity contribution in [3.05, 3.63) is 35.9 Å². The number of rotatable bonds is 3. The molecule has 1 aliphatic heterocycles. The van der Waals surface area contributed by atoms with E-state index in [1.54, 1.807) is 6.92 Å². The molecule has 1 heterocycles. The van der Waals surface area contributed by atoms with Crippen LogP contribution in [-0.4, -0.2) is 27.8 Å². The first-order valence-corrected chi connectivity index (χ1v) is 6.10. The Morgan fingerprint density at radius 1 is 1.32 bits per heavy atom. The minimum Gasteiger partial charge on any atom is -0.481 e. The summed E-state index contributed by atoms with van der Waals surface area (Å²) in [6.45, 7) is 1.79. The van der Waals surface area contributed by atoms with Gasteiger partial charge in [-0.25, -0.2) is 0 Å². The Bertz CT molecular complexity index is 582. The van der Waals surface area contributed by atoms with Crippen molar-refractivity contribution >= 4 is 17.8 Å². The molecule has 1 N–H and O–H groups in total. The number of carboxylic acids is 1. The number of hydrogen-bond acceptors (Lipinski definition) is 3. The Hall–Kier alpha value is -2.17. The van der Waals surface area contributed by atoms with E-state index in [0.29, 0.717) is 0 Å². The van der Waals surface area contributed by atoms with Gasteiger partial charge in [-0.15, -0.1) is 0 Å². The van der Waals surface area contributed by atoms with Gasteiger partial charge >= 0.3 is 5.97 Å². The number of carboxylic acid groups (broad SMARTS) is 1. The molecule has 2 amide bonds. The maximum atomic E-state index is 12.2. The molecule has 2 fully saturated rings. The number of hydrogen-bond donors (Lipinski definition) is 1. The fourth-order valence-corrected chi connectivity index (χ4v) is 3.05. The van der Waals surface area contributed by atoms with Crippen LogP contribution >= 0.6 is 0 Å². The predicted molar refractivity (Wildman–Crippen MR) is 64.7 cm³/mol. The average Bonchev–Trinajstić information content (AvgIpc) is 2.98. The third-order valence-corrected chi connectivity index (χ3v) is 4.20. The molecule has 1 aromatic carbocycles. The zero-order valence-electron chi connectivity index (χ0n) is 10.4. The third-order valence-electron chi connectivity index (χ3n) is 4.20. The molecule has 3 rings (SSSR count). The molecule has 1 saturated carbocycles. The van der Waals surface area contributed by atoms with E-state index in [2.05, 4.69) is 0 Å². The zero-order valence-corrected chi connectivity index (χ0v) is 10.4. The van der Waals surface area contributed by atoms with Crippen molar-refractivity contribution in [2.24, 2.45) is 17.3 Å². The van der Waals surface area contributed by atoms with Crippen LogP contribution in [0.2, 0.25) is 0 Å². The first-order chi connectivity index (χ1) is 8.98. The summed E-state index contributed by atoms with van der Waals surface area (Å²) in [5.41, 5.74) is -0.168. The molecule has 1 aliphatic carbocycles.